The SMILES string of the molecule is C=CC(=O)N1CC2(CC(n3nc(N4CC[C@H](N(C)C(C)=O)CC4(C)C)c(-c4c(Cl)c(C)cc5[nH]ncc45)c3C)C2)C1. The number of piperidine rings is 1. The first-order valence-electron chi connectivity index (χ1n) is 14.5. The molecule has 4 heterocycles. The largest absolute Gasteiger partial charge is 0.349 e. The molecule has 0 bridgehead atoms. The molecule has 10 heteroatoms. The molecule has 2 amide bonds. The number of benzene rings is 1. The molecule has 0 radical (unpaired) electrons. The van der Waals surface area contributed by atoms with Crippen LogP contribution in [-0.2, 0) is 9.59 Å². The summed E-state index contributed by atoms with van der Waals surface area (Å²) >= 11 is 7.10. The molecule has 2 aromatic heterocycles. The van der Waals surface area contributed by atoms with Gasteiger partial charge in [0.25, 0.3) is 0 Å². The van der Waals surface area contributed by atoms with Crippen molar-refractivity contribution in [3.63, 3.8) is 0 Å². The van der Waals surface area contributed by atoms with Crippen LogP contribution < -0.4 is 4.90 Å². The van der Waals surface area contributed by atoms with E-state index >= 15 is 0 Å². The molecule has 41 heavy (non-hydrogen) atoms. The molecule has 2 aliphatic heterocycles. The molecule has 1 aromatic carbocycles. The molecule has 1 saturated carbocycles. The van der Waals surface area contributed by atoms with Gasteiger partial charge in [0.1, 0.15) is 0 Å². The molecule has 0 unspecified atom stereocenters. The van der Waals surface area contributed by atoms with Crippen molar-refractivity contribution in [2.24, 2.45) is 5.41 Å². The second-order valence-electron chi connectivity index (χ2n) is 13.1. The molecule has 1 aliphatic carbocycles. The number of nitrogens with zero attached hydrogens (tertiary/aromatic N) is 6. The Labute approximate surface area is 246 Å². The van der Waals surface area contributed by atoms with E-state index in [-0.39, 0.29) is 34.9 Å². The lowest BCUT2D eigenvalue weighted by Crippen LogP contribution is -2.63. The molecule has 2 saturated heterocycles. The third-order valence-electron chi connectivity index (χ3n) is 9.92. The van der Waals surface area contributed by atoms with Crippen LogP contribution in [0.15, 0.2) is 24.9 Å². The fraction of sp³-hybridized carbons (Fsp3) is 0.548. The molecular weight excluding hydrogens is 538 g/mol. The highest BCUT2D eigenvalue weighted by atomic mass is 35.5. The van der Waals surface area contributed by atoms with Gasteiger partial charge >= 0.3 is 0 Å². The maximum atomic E-state index is 12.2. The third kappa shape index (κ3) is 4.35. The first-order chi connectivity index (χ1) is 19.4. The van der Waals surface area contributed by atoms with Crippen LogP contribution >= 0.6 is 11.6 Å². The van der Waals surface area contributed by atoms with Crippen LogP contribution in [-0.4, -0.2) is 79.9 Å². The van der Waals surface area contributed by atoms with E-state index in [0.717, 1.165) is 89.4 Å². The molecule has 1 atom stereocenters. The molecular formula is C31H40ClN7O2. The smallest absolute Gasteiger partial charge is 0.245 e. The van der Waals surface area contributed by atoms with E-state index in [1.165, 1.54) is 6.08 Å². The average Bonchev–Trinajstić information content (AvgIpc) is 3.46. The van der Waals surface area contributed by atoms with Crippen molar-refractivity contribution in [3.8, 4) is 11.1 Å². The van der Waals surface area contributed by atoms with Gasteiger partial charge in [0.05, 0.1) is 22.8 Å². The summed E-state index contributed by atoms with van der Waals surface area (Å²) in [5.41, 5.74) is 4.98. The van der Waals surface area contributed by atoms with E-state index in [1.54, 1.807) is 6.92 Å². The van der Waals surface area contributed by atoms with Crippen LogP contribution in [0.1, 0.15) is 63.8 Å². The Morgan fingerprint density at radius 1 is 1.20 bits per heavy atom. The van der Waals surface area contributed by atoms with E-state index in [2.05, 4.69) is 47.1 Å². The molecule has 3 fully saturated rings. The Hall–Kier alpha value is -3.33. The monoisotopic (exact) mass is 577 g/mol. The fourth-order valence-electron chi connectivity index (χ4n) is 7.55. The Morgan fingerprint density at radius 3 is 2.54 bits per heavy atom. The van der Waals surface area contributed by atoms with Crippen LogP contribution in [0.4, 0.5) is 5.82 Å². The number of nitrogens with one attached hydrogen (secondary N) is 1. The summed E-state index contributed by atoms with van der Waals surface area (Å²) in [6.45, 7) is 16.3. The van der Waals surface area contributed by atoms with Crippen LogP contribution in [0, 0.1) is 19.3 Å². The Kier molecular flexibility index (Phi) is 6.52. The lowest BCUT2D eigenvalue weighted by Gasteiger charge is -2.58. The van der Waals surface area contributed by atoms with Crippen LogP contribution in [0.25, 0.3) is 22.0 Å². The quantitative estimate of drug-likeness (QED) is 0.417. The van der Waals surface area contributed by atoms with Gasteiger partial charge in [-0.3, -0.25) is 19.4 Å². The van der Waals surface area contributed by atoms with Gasteiger partial charge in [0.15, 0.2) is 5.82 Å². The van der Waals surface area contributed by atoms with Crippen molar-refractivity contribution >= 4 is 40.1 Å². The van der Waals surface area contributed by atoms with Crippen molar-refractivity contribution < 1.29 is 9.59 Å². The van der Waals surface area contributed by atoms with Gasteiger partial charge in [0, 0.05) is 72.8 Å². The molecule has 218 valence electrons. The predicted molar refractivity (Wildman–Crippen MR) is 162 cm³/mol. The fourth-order valence-corrected chi connectivity index (χ4v) is 7.81. The number of aromatic amines is 1. The summed E-state index contributed by atoms with van der Waals surface area (Å²) in [4.78, 5) is 30.4. The summed E-state index contributed by atoms with van der Waals surface area (Å²) in [6, 6.07) is 2.49. The van der Waals surface area contributed by atoms with Gasteiger partial charge < -0.3 is 14.7 Å². The standard InChI is InChI=1S/C31H40ClN7O2/c1-8-25(41)37-16-31(17-37)13-22(14-31)39-19(3)26(27-23-15-33-34-24(23)11-18(2)28(27)32)29(35-39)38-10-9-21(12-30(38,5)6)36(7)20(4)40/h8,11,15,21-22H,1,9-10,12-14,16-17H2,2-7H3,(H,33,34)/t21-/m0/s1. The molecule has 3 aromatic rings. The van der Waals surface area contributed by atoms with Crippen molar-refractivity contribution in [1.29, 1.82) is 0 Å². The van der Waals surface area contributed by atoms with Crippen molar-refractivity contribution in [2.45, 2.75) is 77.9 Å². The first kappa shape index (κ1) is 27.8. The number of aromatic nitrogens is 4. The van der Waals surface area contributed by atoms with Crippen molar-refractivity contribution in [3.05, 3.63) is 41.2 Å². The van der Waals surface area contributed by atoms with E-state index in [9.17, 15) is 9.59 Å². The highest BCUT2D eigenvalue weighted by Crippen LogP contribution is 2.56. The lowest BCUT2D eigenvalue weighted by atomic mass is 9.60. The van der Waals surface area contributed by atoms with E-state index < -0.39 is 0 Å². The number of carbonyl (C=O) groups is 2. The average molecular weight is 578 g/mol. The number of anilines is 1. The van der Waals surface area contributed by atoms with Gasteiger partial charge in [-0.15, -0.1) is 0 Å². The number of carbonyl (C=O) groups excluding carboxylic acids is 2. The normalized spacial score (nSPS) is 21.6. The van der Waals surface area contributed by atoms with Crippen LogP contribution in [0.2, 0.25) is 5.02 Å². The second-order valence-corrected chi connectivity index (χ2v) is 13.5. The minimum atomic E-state index is -0.237. The van der Waals surface area contributed by atoms with E-state index in [4.69, 9.17) is 16.7 Å². The number of amides is 2. The maximum absolute atomic E-state index is 12.2. The summed E-state index contributed by atoms with van der Waals surface area (Å²) < 4.78 is 2.21. The number of aryl methyl sites for hydroxylation is 1. The third-order valence-corrected chi connectivity index (χ3v) is 10.4. The van der Waals surface area contributed by atoms with Gasteiger partial charge in [0.2, 0.25) is 11.8 Å². The molecule has 1 spiro atoms. The zero-order chi connectivity index (χ0) is 29.4. The maximum Gasteiger partial charge on any atom is 0.245 e. The number of halogens is 1. The van der Waals surface area contributed by atoms with E-state index in [0.29, 0.717) is 0 Å². The Balaban J connectivity index is 1.41. The molecule has 9 nitrogen and oxygen atoms in total. The molecule has 6 rings (SSSR count). The first-order valence-corrected chi connectivity index (χ1v) is 14.9. The lowest BCUT2D eigenvalue weighted by molar-refractivity contribution is -0.149. The van der Waals surface area contributed by atoms with E-state index in [1.807, 2.05) is 36.0 Å². The van der Waals surface area contributed by atoms with Gasteiger partial charge in [-0.25, -0.2) is 0 Å². The van der Waals surface area contributed by atoms with Gasteiger partial charge in [-0.05, 0) is 71.1 Å². The van der Waals surface area contributed by atoms with Crippen LogP contribution in [0.3, 0.4) is 0 Å². The highest BCUT2D eigenvalue weighted by Gasteiger charge is 2.54. The predicted octanol–water partition coefficient (Wildman–Crippen LogP) is 5.27. The Morgan fingerprint density at radius 2 is 1.90 bits per heavy atom. The minimum Gasteiger partial charge on any atom is -0.349 e. The number of fused-ring (bicyclic) bond motifs is 1. The zero-order valence-electron chi connectivity index (χ0n) is 24.9. The van der Waals surface area contributed by atoms with Crippen molar-refractivity contribution in [2.75, 3.05) is 31.6 Å². The van der Waals surface area contributed by atoms with Crippen molar-refractivity contribution in [1.82, 2.24) is 29.8 Å². The molecule has 1 N–H and O–H groups in total. The number of hydrogen-bond donors (Lipinski definition) is 1. The number of rotatable bonds is 5. The summed E-state index contributed by atoms with van der Waals surface area (Å²) in [5, 5.41) is 14.5. The topological polar surface area (TPSA) is 90.4 Å². The Bertz CT molecular complexity index is 1560. The second kappa shape index (κ2) is 9.61. The number of likely N-dealkylation sites (tertiary alicyclic amines) is 1. The highest BCUT2D eigenvalue weighted by molar-refractivity contribution is 6.36. The molecule has 3 aliphatic rings. The summed E-state index contributed by atoms with van der Waals surface area (Å²) in [5.74, 6) is 1.04. The summed E-state index contributed by atoms with van der Waals surface area (Å²) in [7, 11) is 1.90. The van der Waals surface area contributed by atoms with Gasteiger partial charge in [-0.2, -0.15) is 10.2 Å². The minimum absolute atomic E-state index is 0.0122. The zero-order valence-corrected chi connectivity index (χ0v) is 25.7. The number of H-pyrrole nitrogens is 1. The van der Waals surface area contributed by atoms with Gasteiger partial charge in [-0.1, -0.05) is 18.2 Å². The number of hydrogen-bond acceptors (Lipinski definition) is 5. The van der Waals surface area contributed by atoms with Crippen LogP contribution in [0.5, 0.6) is 0 Å². The summed E-state index contributed by atoms with van der Waals surface area (Å²) in [6.07, 6.45) is 6.96.